The number of aromatic nitrogens is 2. The van der Waals surface area contributed by atoms with Crippen molar-refractivity contribution in [1.82, 2.24) is 10.2 Å². The average Bonchev–Trinajstić information content (AvgIpc) is 3.00. The molecule has 1 aromatic carbocycles. The van der Waals surface area contributed by atoms with Crippen LogP contribution in [-0.4, -0.2) is 30.4 Å². The summed E-state index contributed by atoms with van der Waals surface area (Å²) in [5.74, 6) is -0.738. The van der Waals surface area contributed by atoms with Crippen LogP contribution in [-0.2, 0) is 9.84 Å². The molecular weight excluding hydrogens is 326 g/mol. The Labute approximate surface area is 140 Å². The van der Waals surface area contributed by atoms with Crippen molar-refractivity contribution in [2.45, 2.75) is 32.7 Å². The van der Waals surface area contributed by atoms with E-state index in [0.29, 0.717) is 5.57 Å². The van der Waals surface area contributed by atoms with Crippen LogP contribution in [0.3, 0.4) is 0 Å². The minimum Gasteiger partial charge on any atom is -0.282 e. The topological polar surface area (TPSA) is 92.2 Å². The molecule has 2 unspecified atom stereocenters. The lowest BCUT2D eigenvalue weighted by atomic mass is 9.87. The zero-order chi connectivity index (χ0) is 17.5. The highest BCUT2D eigenvalue weighted by Crippen LogP contribution is 2.43. The van der Waals surface area contributed by atoms with Crippen LogP contribution in [0.5, 0.6) is 0 Å². The number of nitrogens with zero attached hydrogens (tertiary/aromatic N) is 2. The van der Waals surface area contributed by atoms with E-state index in [1.54, 1.807) is 6.92 Å². The van der Waals surface area contributed by atoms with Gasteiger partial charge in [0.1, 0.15) is 6.04 Å². The molecule has 0 aliphatic carbocycles. The van der Waals surface area contributed by atoms with E-state index in [2.05, 4.69) is 15.4 Å². The Hall–Kier alpha value is -2.28. The number of rotatable bonds is 4. The standard InChI is InChI=1S/C17H19N3O3S/c1-10-14(20-21)9-24(22,23)17(10)16(13-7-5-4-6-8-13)15-11(2)18-19-12(15)3/h4-8,14,16H,9H2,1-3H3,(H,18,19). The molecule has 0 bridgehead atoms. The molecule has 2 aromatic rings. The van der Waals surface area contributed by atoms with Crippen molar-refractivity contribution in [1.29, 1.82) is 0 Å². The summed E-state index contributed by atoms with van der Waals surface area (Å²) in [7, 11) is -3.56. The van der Waals surface area contributed by atoms with E-state index in [0.717, 1.165) is 22.5 Å². The van der Waals surface area contributed by atoms with Gasteiger partial charge in [-0.25, -0.2) is 8.42 Å². The highest BCUT2D eigenvalue weighted by Gasteiger charge is 2.42. The Bertz CT molecular complexity index is 894. The smallest absolute Gasteiger partial charge is 0.178 e. The van der Waals surface area contributed by atoms with E-state index in [1.165, 1.54) is 0 Å². The number of sulfone groups is 1. The number of allylic oxidation sites excluding steroid dienone is 1. The Morgan fingerprint density at radius 2 is 1.88 bits per heavy atom. The van der Waals surface area contributed by atoms with Crippen LogP contribution >= 0.6 is 0 Å². The molecule has 2 atom stereocenters. The summed E-state index contributed by atoms with van der Waals surface area (Å²) in [6.45, 7) is 5.41. The predicted molar refractivity (Wildman–Crippen MR) is 92.4 cm³/mol. The van der Waals surface area contributed by atoms with Crippen molar-refractivity contribution in [2.24, 2.45) is 5.18 Å². The number of nitroso groups, excluding NO2 is 1. The van der Waals surface area contributed by atoms with E-state index in [4.69, 9.17) is 0 Å². The molecule has 0 fully saturated rings. The number of nitrogens with one attached hydrogen (secondary N) is 1. The first-order valence-corrected chi connectivity index (χ1v) is 9.34. The summed E-state index contributed by atoms with van der Waals surface area (Å²) in [5.41, 5.74) is 3.79. The van der Waals surface area contributed by atoms with Crippen molar-refractivity contribution < 1.29 is 8.42 Å². The van der Waals surface area contributed by atoms with Crippen molar-refractivity contribution >= 4 is 9.84 Å². The van der Waals surface area contributed by atoms with Gasteiger partial charge in [0, 0.05) is 17.2 Å². The molecule has 24 heavy (non-hydrogen) atoms. The molecular formula is C17H19N3O3S. The lowest BCUT2D eigenvalue weighted by molar-refractivity contribution is 0.600. The highest BCUT2D eigenvalue weighted by atomic mass is 32.2. The lowest BCUT2D eigenvalue weighted by Gasteiger charge is -2.20. The van der Waals surface area contributed by atoms with Gasteiger partial charge in [-0.15, -0.1) is 0 Å². The van der Waals surface area contributed by atoms with Gasteiger partial charge < -0.3 is 0 Å². The maximum absolute atomic E-state index is 12.8. The van der Waals surface area contributed by atoms with Gasteiger partial charge in [-0.3, -0.25) is 5.10 Å². The second kappa shape index (κ2) is 5.98. The molecule has 0 amide bonds. The predicted octanol–water partition coefficient (Wildman–Crippen LogP) is 3.00. The Morgan fingerprint density at radius 3 is 2.38 bits per heavy atom. The average molecular weight is 345 g/mol. The van der Waals surface area contributed by atoms with E-state index in [1.807, 2.05) is 44.2 Å². The fourth-order valence-electron chi connectivity index (χ4n) is 3.43. The van der Waals surface area contributed by atoms with Crippen LogP contribution in [0.4, 0.5) is 0 Å². The number of benzene rings is 1. The fourth-order valence-corrected chi connectivity index (χ4v) is 5.57. The minimum atomic E-state index is -3.56. The maximum atomic E-state index is 12.8. The molecule has 2 heterocycles. The summed E-state index contributed by atoms with van der Waals surface area (Å²) < 4.78 is 25.6. The van der Waals surface area contributed by atoms with Gasteiger partial charge in [0.25, 0.3) is 0 Å². The molecule has 1 aliphatic heterocycles. The van der Waals surface area contributed by atoms with Crippen LogP contribution in [0.2, 0.25) is 0 Å². The summed E-state index contributed by atoms with van der Waals surface area (Å²) in [6.07, 6.45) is 0. The third kappa shape index (κ3) is 2.58. The van der Waals surface area contributed by atoms with Gasteiger partial charge in [-0.05, 0) is 31.9 Å². The molecule has 0 radical (unpaired) electrons. The first-order valence-electron chi connectivity index (χ1n) is 7.69. The first kappa shape index (κ1) is 16.6. The highest BCUT2D eigenvalue weighted by molar-refractivity contribution is 7.95. The molecule has 1 aliphatic rings. The maximum Gasteiger partial charge on any atom is 0.178 e. The van der Waals surface area contributed by atoms with Gasteiger partial charge >= 0.3 is 0 Å². The van der Waals surface area contributed by atoms with Gasteiger partial charge in [-0.1, -0.05) is 35.5 Å². The van der Waals surface area contributed by atoms with Crippen LogP contribution in [0.1, 0.15) is 35.4 Å². The van der Waals surface area contributed by atoms with E-state index in [9.17, 15) is 13.3 Å². The van der Waals surface area contributed by atoms with Crippen LogP contribution < -0.4 is 0 Å². The van der Waals surface area contributed by atoms with Crippen molar-refractivity contribution in [3.63, 3.8) is 0 Å². The van der Waals surface area contributed by atoms with Crippen molar-refractivity contribution in [2.75, 3.05) is 5.75 Å². The number of hydrogen-bond acceptors (Lipinski definition) is 5. The van der Waals surface area contributed by atoms with Gasteiger partial charge in [0.2, 0.25) is 0 Å². The molecule has 7 heteroatoms. The normalized spacial score (nSPS) is 21.0. The molecule has 1 N–H and O–H groups in total. The number of hydrogen-bond donors (Lipinski definition) is 1. The first-order chi connectivity index (χ1) is 11.4. The summed E-state index contributed by atoms with van der Waals surface area (Å²) >= 11 is 0. The number of aryl methyl sites for hydroxylation is 2. The van der Waals surface area contributed by atoms with E-state index >= 15 is 0 Å². The Balaban J connectivity index is 2.31. The Kier molecular flexibility index (Phi) is 4.13. The van der Waals surface area contributed by atoms with Crippen molar-refractivity contribution in [3.8, 4) is 0 Å². The fraction of sp³-hybridized carbons (Fsp3) is 0.353. The molecule has 0 spiro atoms. The zero-order valence-corrected chi connectivity index (χ0v) is 14.6. The van der Waals surface area contributed by atoms with Crippen LogP contribution in [0.15, 0.2) is 46.0 Å². The summed E-state index contributed by atoms with van der Waals surface area (Å²) in [4.78, 5) is 11.3. The SMILES string of the molecule is CC1=C(C(c2ccccc2)c2c(C)n[nH]c2C)S(=O)(=O)CC1N=O. The van der Waals surface area contributed by atoms with Crippen LogP contribution in [0, 0.1) is 18.8 Å². The van der Waals surface area contributed by atoms with E-state index in [-0.39, 0.29) is 10.7 Å². The van der Waals surface area contributed by atoms with E-state index < -0.39 is 21.8 Å². The Morgan fingerprint density at radius 1 is 1.21 bits per heavy atom. The summed E-state index contributed by atoms with van der Waals surface area (Å²) in [5, 5.41) is 10.1. The second-order valence-electron chi connectivity index (χ2n) is 6.14. The third-order valence-electron chi connectivity index (χ3n) is 4.60. The minimum absolute atomic E-state index is 0.253. The number of aromatic amines is 1. The molecule has 0 saturated carbocycles. The zero-order valence-electron chi connectivity index (χ0n) is 13.8. The quantitative estimate of drug-likeness (QED) is 0.862. The second-order valence-corrected chi connectivity index (χ2v) is 8.14. The summed E-state index contributed by atoms with van der Waals surface area (Å²) in [6, 6.07) is 8.61. The molecule has 0 saturated heterocycles. The number of H-pyrrole nitrogens is 1. The van der Waals surface area contributed by atoms with Crippen molar-refractivity contribution in [3.05, 3.63) is 68.2 Å². The molecule has 1 aromatic heterocycles. The van der Waals surface area contributed by atoms with Gasteiger partial charge in [0.15, 0.2) is 9.84 Å². The van der Waals surface area contributed by atoms with Gasteiger partial charge in [-0.2, -0.15) is 10.0 Å². The molecule has 126 valence electrons. The molecule has 6 nitrogen and oxygen atoms in total. The van der Waals surface area contributed by atoms with Gasteiger partial charge in [0.05, 0.1) is 16.4 Å². The van der Waals surface area contributed by atoms with Crippen LogP contribution in [0.25, 0.3) is 0 Å². The lowest BCUT2D eigenvalue weighted by Crippen LogP contribution is -2.15. The monoisotopic (exact) mass is 345 g/mol. The largest absolute Gasteiger partial charge is 0.282 e. The third-order valence-corrected chi connectivity index (χ3v) is 6.58. The molecule has 3 rings (SSSR count).